The Balaban J connectivity index is 1.53. The molecule has 0 unspecified atom stereocenters. The Bertz CT molecular complexity index is 1170. The van der Waals surface area contributed by atoms with Crippen LogP contribution in [0.3, 0.4) is 0 Å². The fourth-order valence-corrected chi connectivity index (χ4v) is 5.65. The molecule has 2 aromatic carbocycles. The number of carbonyl (C=O) groups excluding carboxylic acids is 1. The summed E-state index contributed by atoms with van der Waals surface area (Å²) in [5.74, 6) is 0.892. The summed E-state index contributed by atoms with van der Waals surface area (Å²) in [5, 5.41) is 23.7. The van der Waals surface area contributed by atoms with E-state index in [1.807, 2.05) is 4.90 Å². The maximum Gasteiger partial charge on any atom is 0.253 e. The van der Waals surface area contributed by atoms with Crippen molar-refractivity contribution in [3.8, 4) is 22.8 Å². The van der Waals surface area contributed by atoms with Crippen molar-refractivity contribution < 1.29 is 15.0 Å². The number of benzene rings is 2. The van der Waals surface area contributed by atoms with Gasteiger partial charge in [-0.1, -0.05) is 41.5 Å². The second kappa shape index (κ2) is 9.30. The first kappa shape index (κ1) is 25.2. The van der Waals surface area contributed by atoms with Crippen molar-refractivity contribution in [2.45, 2.75) is 71.1 Å². The number of rotatable bonds is 3. The van der Waals surface area contributed by atoms with Crippen molar-refractivity contribution in [1.29, 1.82) is 0 Å². The first-order valence-electron chi connectivity index (χ1n) is 12.3. The summed E-state index contributed by atoms with van der Waals surface area (Å²) >= 11 is 1.68. The van der Waals surface area contributed by atoms with Gasteiger partial charge >= 0.3 is 0 Å². The minimum absolute atomic E-state index is 0.0109. The van der Waals surface area contributed by atoms with Crippen molar-refractivity contribution in [3.63, 3.8) is 0 Å². The predicted molar refractivity (Wildman–Crippen MR) is 143 cm³/mol. The standard InChI is InChI=1S/C29H36N2O3S/c1-28(2,3)22-15-20(16-23(25(22)33)29(4,5)6)24-17-35-26(30-24)18-11-13-31(14-12-18)27(34)19-7-9-21(32)10-8-19/h7-10,15-18,32-33H,11-14H2,1-6H3. The predicted octanol–water partition coefficient (Wildman–Crippen LogP) is 6.84. The SMILES string of the molecule is CC(C)(C)c1cc(-c2csc(C3CCN(C(=O)c4ccc(O)cc4)CC3)n2)cc(C(C)(C)C)c1O. The van der Waals surface area contributed by atoms with Gasteiger partial charge in [0.15, 0.2) is 0 Å². The van der Waals surface area contributed by atoms with E-state index in [2.05, 4.69) is 59.1 Å². The molecule has 1 aliphatic heterocycles. The average Bonchev–Trinajstić information content (AvgIpc) is 3.28. The van der Waals surface area contributed by atoms with Gasteiger partial charge in [-0.3, -0.25) is 4.79 Å². The third kappa shape index (κ3) is 5.37. The molecule has 0 radical (unpaired) electrons. The number of nitrogens with zero attached hydrogens (tertiary/aromatic N) is 2. The lowest BCUT2D eigenvalue weighted by molar-refractivity contribution is 0.0713. The Hall–Kier alpha value is -2.86. The number of aromatic hydroxyl groups is 2. The Morgan fingerprint density at radius 2 is 1.49 bits per heavy atom. The lowest BCUT2D eigenvalue weighted by atomic mass is 9.78. The summed E-state index contributed by atoms with van der Waals surface area (Å²) in [6.07, 6.45) is 1.76. The van der Waals surface area contributed by atoms with Crippen molar-refractivity contribution in [2.75, 3.05) is 13.1 Å². The lowest BCUT2D eigenvalue weighted by Crippen LogP contribution is -2.37. The molecule has 0 saturated carbocycles. The smallest absolute Gasteiger partial charge is 0.253 e. The average molecular weight is 493 g/mol. The molecule has 1 saturated heterocycles. The van der Waals surface area contributed by atoms with Crippen LogP contribution in [0.2, 0.25) is 0 Å². The molecule has 35 heavy (non-hydrogen) atoms. The molecule has 1 aliphatic rings. The highest BCUT2D eigenvalue weighted by Crippen LogP contribution is 2.42. The highest BCUT2D eigenvalue weighted by atomic mass is 32.1. The fraction of sp³-hybridized carbons (Fsp3) is 0.448. The Kier molecular flexibility index (Phi) is 6.71. The minimum Gasteiger partial charge on any atom is -0.508 e. The minimum atomic E-state index is -0.185. The summed E-state index contributed by atoms with van der Waals surface area (Å²) < 4.78 is 0. The summed E-state index contributed by atoms with van der Waals surface area (Å²) in [5.41, 5.74) is 4.11. The first-order valence-corrected chi connectivity index (χ1v) is 13.1. The van der Waals surface area contributed by atoms with Gasteiger partial charge in [0, 0.05) is 46.6 Å². The molecule has 0 aliphatic carbocycles. The van der Waals surface area contributed by atoms with E-state index in [9.17, 15) is 15.0 Å². The van der Waals surface area contributed by atoms with Gasteiger partial charge in [-0.15, -0.1) is 11.3 Å². The van der Waals surface area contributed by atoms with Crippen molar-refractivity contribution in [1.82, 2.24) is 9.88 Å². The van der Waals surface area contributed by atoms with Gasteiger partial charge in [-0.25, -0.2) is 4.98 Å². The number of phenolic OH excluding ortho intramolecular Hbond substituents is 2. The molecule has 0 bridgehead atoms. The molecule has 4 rings (SSSR count). The van der Waals surface area contributed by atoms with Gasteiger partial charge < -0.3 is 15.1 Å². The van der Waals surface area contributed by atoms with Crippen LogP contribution in [0.25, 0.3) is 11.3 Å². The molecule has 186 valence electrons. The molecule has 2 N–H and O–H groups in total. The maximum absolute atomic E-state index is 12.8. The quantitative estimate of drug-likeness (QED) is 0.420. The van der Waals surface area contributed by atoms with Crippen LogP contribution in [-0.2, 0) is 10.8 Å². The van der Waals surface area contributed by atoms with Crippen LogP contribution in [0.5, 0.6) is 11.5 Å². The number of hydrogen-bond acceptors (Lipinski definition) is 5. The lowest BCUT2D eigenvalue weighted by Gasteiger charge is -2.31. The molecule has 1 amide bonds. The van der Waals surface area contributed by atoms with Crippen LogP contribution < -0.4 is 0 Å². The van der Waals surface area contributed by atoms with Gasteiger partial charge in [0.2, 0.25) is 0 Å². The van der Waals surface area contributed by atoms with E-state index >= 15 is 0 Å². The number of phenols is 2. The molecular weight excluding hydrogens is 456 g/mol. The van der Waals surface area contributed by atoms with Gasteiger partial charge in [0.05, 0.1) is 10.7 Å². The number of likely N-dealkylation sites (tertiary alicyclic amines) is 1. The second-order valence-electron chi connectivity index (χ2n) is 11.6. The van der Waals surface area contributed by atoms with E-state index in [1.54, 1.807) is 35.6 Å². The Labute approximate surface area is 212 Å². The summed E-state index contributed by atoms with van der Waals surface area (Å²) in [4.78, 5) is 19.7. The highest BCUT2D eigenvalue weighted by molar-refractivity contribution is 7.10. The van der Waals surface area contributed by atoms with E-state index < -0.39 is 0 Å². The fourth-order valence-electron chi connectivity index (χ4n) is 4.65. The van der Waals surface area contributed by atoms with Gasteiger partial charge in [-0.2, -0.15) is 0 Å². The largest absolute Gasteiger partial charge is 0.508 e. The monoisotopic (exact) mass is 492 g/mol. The normalized spacial score (nSPS) is 15.4. The summed E-state index contributed by atoms with van der Waals surface area (Å²) in [6, 6.07) is 10.6. The van der Waals surface area contributed by atoms with Crippen LogP contribution >= 0.6 is 11.3 Å². The van der Waals surface area contributed by atoms with Crippen molar-refractivity contribution in [3.05, 3.63) is 63.5 Å². The number of aromatic nitrogens is 1. The number of piperidine rings is 1. The maximum atomic E-state index is 12.8. The number of amides is 1. The molecular formula is C29H36N2O3S. The molecule has 0 spiro atoms. The molecule has 1 aromatic heterocycles. The molecule has 0 atom stereocenters. The summed E-state index contributed by atoms with van der Waals surface area (Å²) in [7, 11) is 0. The zero-order valence-electron chi connectivity index (χ0n) is 21.6. The Morgan fingerprint density at radius 1 is 0.943 bits per heavy atom. The number of carbonyl (C=O) groups is 1. The van der Waals surface area contributed by atoms with Gasteiger partial charge in [0.1, 0.15) is 11.5 Å². The number of thiazole rings is 1. The van der Waals surface area contributed by atoms with E-state index in [0.717, 1.165) is 40.2 Å². The topological polar surface area (TPSA) is 73.7 Å². The van der Waals surface area contributed by atoms with Crippen LogP contribution in [0.15, 0.2) is 41.8 Å². The highest BCUT2D eigenvalue weighted by Gasteiger charge is 2.29. The van der Waals surface area contributed by atoms with Crippen molar-refractivity contribution in [2.24, 2.45) is 0 Å². The zero-order chi connectivity index (χ0) is 25.5. The molecule has 3 aromatic rings. The van der Waals surface area contributed by atoms with E-state index in [0.29, 0.717) is 30.3 Å². The molecule has 2 heterocycles. The van der Waals surface area contributed by atoms with Crippen LogP contribution in [-0.4, -0.2) is 39.1 Å². The molecule has 6 heteroatoms. The Morgan fingerprint density at radius 3 is 2.00 bits per heavy atom. The third-order valence-corrected chi connectivity index (χ3v) is 7.80. The second-order valence-corrected chi connectivity index (χ2v) is 12.5. The van der Waals surface area contributed by atoms with Gasteiger partial charge in [0.25, 0.3) is 5.91 Å². The van der Waals surface area contributed by atoms with E-state index in [4.69, 9.17) is 4.98 Å². The number of hydrogen-bond donors (Lipinski definition) is 2. The zero-order valence-corrected chi connectivity index (χ0v) is 22.4. The van der Waals surface area contributed by atoms with Crippen molar-refractivity contribution >= 4 is 17.2 Å². The first-order chi connectivity index (χ1) is 16.3. The van der Waals surface area contributed by atoms with E-state index in [1.165, 1.54) is 0 Å². The molecule has 1 fully saturated rings. The third-order valence-electron chi connectivity index (χ3n) is 6.79. The van der Waals surface area contributed by atoms with Crippen LogP contribution in [0.1, 0.15) is 86.8 Å². The van der Waals surface area contributed by atoms with Crippen LogP contribution in [0.4, 0.5) is 0 Å². The van der Waals surface area contributed by atoms with E-state index in [-0.39, 0.29) is 22.5 Å². The summed E-state index contributed by atoms with van der Waals surface area (Å²) in [6.45, 7) is 14.1. The molecule has 5 nitrogen and oxygen atoms in total. The van der Waals surface area contributed by atoms with Gasteiger partial charge in [-0.05, 0) is 60.1 Å². The van der Waals surface area contributed by atoms with Crippen LogP contribution in [0, 0.1) is 0 Å².